The van der Waals surface area contributed by atoms with Gasteiger partial charge >= 0.3 is 0 Å². The maximum atomic E-state index is 14.0. The standard InChI is InChI=1S/C21H26FN5O/c22-17-7-3-4-8-19(17)25-13-15-26(16-14-25)20-10-9-18(23-24-20)21(28)27-11-5-1-2-6-12-27/h3-4,7-10H,1-2,5-6,11-16H2. The number of carbonyl (C=O) groups is 1. The Labute approximate surface area is 165 Å². The number of nitrogens with zero attached hydrogens (tertiary/aromatic N) is 5. The first kappa shape index (κ1) is 18.7. The van der Waals surface area contributed by atoms with Crippen LogP contribution in [-0.4, -0.2) is 60.3 Å². The second-order valence-corrected chi connectivity index (χ2v) is 7.41. The SMILES string of the molecule is O=C(c1ccc(N2CCN(c3ccccc3F)CC2)nn1)N1CCCCCC1. The Kier molecular flexibility index (Phi) is 5.69. The summed E-state index contributed by atoms with van der Waals surface area (Å²) in [6, 6.07) is 10.5. The molecule has 0 unspecified atom stereocenters. The zero-order chi connectivity index (χ0) is 19.3. The van der Waals surface area contributed by atoms with Gasteiger partial charge in [0, 0.05) is 39.3 Å². The van der Waals surface area contributed by atoms with Gasteiger partial charge in [-0.05, 0) is 37.1 Å². The zero-order valence-electron chi connectivity index (χ0n) is 16.1. The highest BCUT2D eigenvalue weighted by Gasteiger charge is 2.22. The second kappa shape index (κ2) is 8.54. The van der Waals surface area contributed by atoms with Gasteiger partial charge in [-0.1, -0.05) is 25.0 Å². The van der Waals surface area contributed by atoms with Crippen LogP contribution < -0.4 is 9.80 Å². The molecule has 1 aromatic heterocycles. The van der Waals surface area contributed by atoms with Crippen molar-refractivity contribution in [3.05, 3.63) is 47.9 Å². The average molecular weight is 383 g/mol. The van der Waals surface area contributed by atoms with Crippen molar-refractivity contribution in [2.75, 3.05) is 49.1 Å². The normalized spacial score (nSPS) is 18.1. The van der Waals surface area contributed by atoms with E-state index in [0.29, 0.717) is 11.4 Å². The van der Waals surface area contributed by atoms with Gasteiger partial charge < -0.3 is 14.7 Å². The summed E-state index contributed by atoms with van der Waals surface area (Å²) in [4.78, 5) is 18.7. The lowest BCUT2D eigenvalue weighted by molar-refractivity contribution is 0.0754. The Balaban J connectivity index is 1.37. The van der Waals surface area contributed by atoms with Crippen molar-refractivity contribution in [1.82, 2.24) is 15.1 Å². The molecule has 4 rings (SSSR count). The molecule has 7 heteroatoms. The highest BCUT2D eigenvalue weighted by atomic mass is 19.1. The molecular formula is C21H26FN5O. The van der Waals surface area contributed by atoms with Gasteiger partial charge in [0.1, 0.15) is 5.82 Å². The lowest BCUT2D eigenvalue weighted by Crippen LogP contribution is -2.47. The molecule has 3 heterocycles. The second-order valence-electron chi connectivity index (χ2n) is 7.41. The van der Waals surface area contributed by atoms with Gasteiger partial charge in [0.05, 0.1) is 5.69 Å². The third kappa shape index (κ3) is 4.08. The van der Waals surface area contributed by atoms with E-state index in [1.165, 1.54) is 18.9 Å². The number of likely N-dealkylation sites (tertiary alicyclic amines) is 1. The lowest BCUT2D eigenvalue weighted by atomic mass is 10.2. The summed E-state index contributed by atoms with van der Waals surface area (Å²) in [6.45, 7) is 4.53. The largest absolute Gasteiger partial charge is 0.366 e. The average Bonchev–Trinajstić information content (AvgIpc) is 3.04. The van der Waals surface area contributed by atoms with Gasteiger partial charge in [0.25, 0.3) is 5.91 Å². The van der Waals surface area contributed by atoms with Crippen molar-refractivity contribution in [3.8, 4) is 0 Å². The minimum Gasteiger partial charge on any atom is -0.366 e. The molecule has 28 heavy (non-hydrogen) atoms. The quantitative estimate of drug-likeness (QED) is 0.816. The number of hydrogen-bond acceptors (Lipinski definition) is 5. The molecular weight excluding hydrogens is 357 g/mol. The Hall–Kier alpha value is -2.70. The van der Waals surface area contributed by atoms with Crippen LogP contribution in [-0.2, 0) is 0 Å². The van der Waals surface area contributed by atoms with Crippen LogP contribution in [0.4, 0.5) is 15.9 Å². The zero-order valence-corrected chi connectivity index (χ0v) is 16.1. The molecule has 1 amide bonds. The van der Waals surface area contributed by atoms with E-state index in [-0.39, 0.29) is 11.7 Å². The van der Waals surface area contributed by atoms with Crippen molar-refractivity contribution in [2.45, 2.75) is 25.7 Å². The summed E-state index contributed by atoms with van der Waals surface area (Å²) in [7, 11) is 0. The molecule has 0 spiro atoms. The van der Waals surface area contributed by atoms with E-state index in [1.54, 1.807) is 12.1 Å². The van der Waals surface area contributed by atoms with Gasteiger partial charge in [-0.15, -0.1) is 10.2 Å². The van der Waals surface area contributed by atoms with E-state index in [4.69, 9.17) is 0 Å². The van der Waals surface area contributed by atoms with Crippen LogP contribution >= 0.6 is 0 Å². The number of aromatic nitrogens is 2. The van der Waals surface area contributed by atoms with Crippen LogP contribution in [0.5, 0.6) is 0 Å². The molecule has 0 N–H and O–H groups in total. The molecule has 0 bridgehead atoms. The van der Waals surface area contributed by atoms with Gasteiger partial charge in [-0.3, -0.25) is 4.79 Å². The van der Waals surface area contributed by atoms with E-state index in [1.807, 2.05) is 23.1 Å². The minimum atomic E-state index is -0.188. The summed E-state index contributed by atoms with van der Waals surface area (Å²) in [5.74, 6) is 0.554. The van der Waals surface area contributed by atoms with Gasteiger partial charge in [-0.2, -0.15) is 0 Å². The molecule has 148 valence electrons. The smallest absolute Gasteiger partial charge is 0.274 e. The predicted octanol–water partition coefficient (Wildman–Crippen LogP) is 2.96. The number of carbonyl (C=O) groups excluding carboxylic acids is 1. The van der Waals surface area contributed by atoms with Gasteiger partial charge in [-0.25, -0.2) is 4.39 Å². The number of anilines is 2. The molecule has 0 aliphatic carbocycles. The number of halogens is 1. The molecule has 0 saturated carbocycles. The highest BCUT2D eigenvalue weighted by Crippen LogP contribution is 2.22. The van der Waals surface area contributed by atoms with Gasteiger partial charge in [0.15, 0.2) is 11.5 Å². The fraction of sp³-hybridized carbons (Fsp3) is 0.476. The minimum absolute atomic E-state index is 0.0228. The van der Waals surface area contributed by atoms with Crippen LogP contribution in [0, 0.1) is 5.82 Å². The maximum Gasteiger partial charge on any atom is 0.274 e. The Morgan fingerprint density at radius 1 is 0.786 bits per heavy atom. The first-order valence-corrected chi connectivity index (χ1v) is 10.1. The van der Waals surface area contributed by atoms with Crippen molar-refractivity contribution >= 4 is 17.4 Å². The molecule has 2 saturated heterocycles. The third-order valence-corrected chi connectivity index (χ3v) is 5.56. The highest BCUT2D eigenvalue weighted by molar-refractivity contribution is 5.92. The number of benzene rings is 1. The van der Waals surface area contributed by atoms with E-state index >= 15 is 0 Å². The Bertz CT molecular complexity index is 797. The predicted molar refractivity (Wildman–Crippen MR) is 107 cm³/mol. The molecule has 2 aliphatic heterocycles. The monoisotopic (exact) mass is 383 g/mol. The van der Waals surface area contributed by atoms with Crippen LogP contribution in [0.15, 0.2) is 36.4 Å². The Morgan fingerprint density at radius 2 is 1.46 bits per heavy atom. The number of piperazine rings is 1. The van der Waals surface area contributed by atoms with Crippen molar-refractivity contribution in [1.29, 1.82) is 0 Å². The van der Waals surface area contributed by atoms with Crippen molar-refractivity contribution in [2.24, 2.45) is 0 Å². The first-order valence-electron chi connectivity index (χ1n) is 10.1. The molecule has 6 nitrogen and oxygen atoms in total. The number of amides is 1. The van der Waals surface area contributed by atoms with Crippen LogP contribution in [0.1, 0.15) is 36.2 Å². The molecule has 1 aromatic carbocycles. The summed E-state index contributed by atoms with van der Waals surface area (Å²) in [5, 5.41) is 8.49. The summed E-state index contributed by atoms with van der Waals surface area (Å²) < 4.78 is 14.0. The molecule has 0 atom stereocenters. The third-order valence-electron chi connectivity index (χ3n) is 5.56. The molecule has 2 aliphatic rings. The lowest BCUT2D eigenvalue weighted by Gasteiger charge is -2.36. The summed E-state index contributed by atoms with van der Waals surface area (Å²) in [6.07, 6.45) is 4.49. The molecule has 2 aromatic rings. The van der Waals surface area contributed by atoms with E-state index in [0.717, 1.165) is 57.9 Å². The van der Waals surface area contributed by atoms with Crippen LogP contribution in [0.2, 0.25) is 0 Å². The van der Waals surface area contributed by atoms with E-state index in [9.17, 15) is 9.18 Å². The van der Waals surface area contributed by atoms with Crippen LogP contribution in [0.3, 0.4) is 0 Å². The number of rotatable bonds is 3. The fourth-order valence-corrected chi connectivity index (χ4v) is 3.93. The van der Waals surface area contributed by atoms with Crippen LogP contribution in [0.25, 0.3) is 0 Å². The van der Waals surface area contributed by atoms with Gasteiger partial charge in [0.2, 0.25) is 0 Å². The maximum absolute atomic E-state index is 14.0. The summed E-state index contributed by atoms with van der Waals surface area (Å²) >= 11 is 0. The topological polar surface area (TPSA) is 52.6 Å². The summed E-state index contributed by atoms with van der Waals surface area (Å²) in [5.41, 5.74) is 1.06. The Morgan fingerprint density at radius 3 is 2.11 bits per heavy atom. The number of para-hydroxylation sites is 1. The van der Waals surface area contributed by atoms with E-state index < -0.39 is 0 Å². The number of hydrogen-bond donors (Lipinski definition) is 0. The van der Waals surface area contributed by atoms with Crippen molar-refractivity contribution < 1.29 is 9.18 Å². The molecule has 0 radical (unpaired) electrons. The molecule has 2 fully saturated rings. The van der Waals surface area contributed by atoms with E-state index in [2.05, 4.69) is 20.0 Å². The first-order chi connectivity index (χ1) is 13.7. The van der Waals surface area contributed by atoms with Crippen molar-refractivity contribution in [3.63, 3.8) is 0 Å². The fourth-order valence-electron chi connectivity index (χ4n) is 3.93.